The Labute approximate surface area is 219 Å². The van der Waals surface area contributed by atoms with Crippen molar-refractivity contribution in [3.63, 3.8) is 0 Å². The van der Waals surface area contributed by atoms with Gasteiger partial charge in [0.1, 0.15) is 11.8 Å². The lowest BCUT2D eigenvalue weighted by atomic mass is 10.0. The van der Waals surface area contributed by atoms with Crippen LogP contribution in [0.25, 0.3) is 10.9 Å². The van der Waals surface area contributed by atoms with E-state index in [1.165, 1.54) is 11.8 Å². The summed E-state index contributed by atoms with van der Waals surface area (Å²) >= 11 is 7.94. The summed E-state index contributed by atoms with van der Waals surface area (Å²) in [4.78, 5) is 29.1. The molecule has 5 rings (SSSR count). The normalized spacial score (nSPS) is 15.5. The van der Waals surface area contributed by atoms with Gasteiger partial charge >= 0.3 is 0 Å². The van der Waals surface area contributed by atoms with Crippen LogP contribution >= 0.6 is 23.4 Å². The molecule has 8 heteroatoms. The van der Waals surface area contributed by atoms with Crippen LogP contribution in [0, 0.1) is 0 Å². The Hall–Kier alpha value is -3.42. The summed E-state index contributed by atoms with van der Waals surface area (Å²) in [7, 11) is 3.59. The van der Waals surface area contributed by atoms with Crippen molar-refractivity contribution in [1.82, 2.24) is 14.8 Å². The number of carbonyl (C=O) groups is 2. The van der Waals surface area contributed by atoms with Gasteiger partial charge in [-0.2, -0.15) is 0 Å². The van der Waals surface area contributed by atoms with Gasteiger partial charge in [0.05, 0.1) is 17.9 Å². The van der Waals surface area contributed by atoms with Crippen molar-refractivity contribution in [2.45, 2.75) is 24.2 Å². The molecule has 184 valence electrons. The zero-order chi connectivity index (χ0) is 25.2. The quantitative estimate of drug-likeness (QED) is 0.374. The third-order valence-corrected chi connectivity index (χ3v) is 8.05. The van der Waals surface area contributed by atoms with Gasteiger partial charge in [0.15, 0.2) is 0 Å². The summed E-state index contributed by atoms with van der Waals surface area (Å²) in [6.07, 6.45) is 0. The van der Waals surface area contributed by atoms with Crippen LogP contribution < -0.4 is 10.1 Å². The van der Waals surface area contributed by atoms with Crippen molar-refractivity contribution in [2.24, 2.45) is 7.05 Å². The molecule has 1 aliphatic heterocycles. The van der Waals surface area contributed by atoms with Gasteiger partial charge in [-0.05, 0) is 23.8 Å². The standard InChI is InChI=1S/C28H26ClN3O3S/c1-31-22-13-7-5-11-20(22)25-26(27(34)30-15-18-9-4-8-14-23(18)35-2)32(24(33)17-36-28(25)31)16-19-10-3-6-12-21(19)29/h3-14,26H,15-17H2,1-2H3,(H,30,34). The van der Waals surface area contributed by atoms with E-state index >= 15 is 0 Å². The van der Waals surface area contributed by atoms with E-state index in [-0.39, 0.29) is 30.7 Å². The molecule has 2 heterocycles. The van der Waals surface area contributed by atoms with E-state index < -0.39 is 6.04 Å². The molecule has 0 bridgehead atoms. The molecule has 0 aliphatic carbocycles. The number of aromatic nitrogens is 1. The fraction of sp³-hybridized carbons (Fsp3) is 0.214. The molecule has 1 aliphatic rings. The van der Waals surface area contributed by atoms with Crippen molar-refractivity contribution in [3.05, 3.63) is 94.5 Å². The van der Waals surface area contributed by atoms with Crippen molar-refractivity contribution in [1.29, 1.82) is 0 Å². The number of aryl methyl sites for hydroxylation is 1. The molecule has 4 aromatic rings. The zero-order valence-corrected chi connectivity index (χ0v) is 21.6. The minimum atomic E-state index is -0.820. The lowest BCUT2D eigenvalue weighted by Gasteiger charge is -2.30. The SMILES string of the molecule is COc1ccccc1CNC(=O)C1c2c(n(C)c3ccccc23)SCC(=O)N1Cc1ccccc1Cl. The van der Waals surface area contributed by atoms with Crippen LogP contribution in [-0.4, -0.2) is 34.1 Å². The van der Waals surface area contributed by atoms with Crippen LogP contribution in [0.5, 0.6) is 5.75 Å². The molecule has 3 aromatic carbocycles. The van der Waals surface area contributed by atoms with Crippen LogP contribution in [0.3, 0.4) is 0 Å². The minimum absolute atomic E-state index is 0.113. The van der Waals surface area contributed by atoms with E-state index in [4.69, 9.17) is 16.3 Å². The number of ether oxygens (including phenoxy) is 1. The number of hydrogen-bond donors (Lipinski definition) is 1. The molecular formula is C28H26ClN3O3S. The van der Waals surface area contributed by atoms with Gasteiger partial charge in [0, 0.05) is 47.2 Å². The fourth-order valence-electron chi connectivity index (χ4n) is 4.74. The van der Waals surface area contributed by atoms with Crippen LogP contribution in [0.1, 0.15) is 22.7 Å². The summed E-state index contributed by atoms with van der Waals surface area (Å²) in [5.74, 6) is 0.570. The first kappa shape index (κ1) is 24.3. The largest absolute Gasteiger partial charge is 0.496 e. The molecule has 6 nitrogen and oxygen atoms in total. The highest BCUT2D eigenvalue weighted by Gasteiger charge is 2.39. The minimum Gasteiger partial charge on any atom is -0.496 e. The first-order valence-electron chi connectivity index (χ1n) is 11.6. The number of methoxy groups -OCH3 is 1. The average molecular weight is 520 g/mol. The van der Waals surface area contributed by atoms with Crippen LogP contribution in [0.2, 0.25) is 5.02 Å². The fourth-order valence-corrected chi connectivity index (χ4v) is 6.03. The zero-order valence-electron chi connectivity index (χ0n) is 20.0. The van der Waals surface area contributed by atoms with E-state index in [9.17, 15) is 9.59 Å². The number of carbonyl (C=O) groups excluding carboxylic acids is 2. The number of rotatable bonds is 6. The second-order valence-electron chi connectivity index (χ2n) is 8.63. The monoisotopic (exact) mass is 519 g/mol. The lowest BCUT2D eigenvalue weighted by Crippen LogP contribution is -2.43. The van der Waals surface area contributed by atoms with Crippen molar-refractivity contribution in [3.8, 4) is 5.75 Å². The predicted octanol–water partition coefficient (Wildman–Crippen LogP) is 5.33. The van der Waals surface area contributed by atoms with Gasteiger partial charge in [0.2, 0.25) is 11.8 Å². The van der Waals surface area contributed by atoms with E-state index in [2.05, 4.69) is 9.88 Å². The highest BCUT2D eigenvalue weighted by molar-refractivity contribution is 8.00. The Bertz CT molecular complexity index is 1450. The second-order valence-corrected chi connectivity index (χ2v) is 10.0. The number of amides is 2. The smallest absolute Gasteiger partial charge is 0.247 e. The number of nitrogens with zero attached hydrogens (tertiary/aromatic N) is 2. The molecular weight excluding hydrogens is 494 g/mol. The molecule has 0 saturated carbocycles. The molecule has 1 aromatic heterocycles. The number of para-hydroxylation sites is 2. The second kappa shape index (κ2) is 10.3. The maximum Gasteiger partial charge on any atom is 0.247 e. The maximum absolute atomic E-state index is 14.0. The highest BCUT2D eigenvalue weighted by atomic mass is 35.5. The van der Waals surface area contributed by atoms with Gasteiger partial charge in [-0.15, -0.1) is 0 Å². The summed E-state index contributed by atoms with van der Waals surface area (Å²) in [5, 5.41) is 5.51. The van der Waals surface area contributed by atoms with E-state index in [1.54, 1.807) is 18.1 Å². The molecule has 36 heavy (non-hydrogen) atoms. The Balaban J connectivity index is 1.59. The summed E-state index contributed by atoms with van der Waals surface area (Å²) in [5.41, 5.74) is 3.51. The average Bonchev–Trinajstić information content (AvgIpc) is 3.08. The van der Waals surface area contributed by atoms with E-state index in [0.29, 0.717) is 10.8 Å². The van der Waals surface area contributed by atoms with Gasteiger partial charge in [-0.3, -0.25) is 9.59 Å². The number of fused-ring (bicyclic) bond motifs is 3. The topological polar surface area (TPSA) is 63.6 Å². The number of hydrogen-bond acceptors (Lipinski definition) is 4. The molecule has 1 unspecified atom stereocenters. The molecule has 2 amide bonds. The first-order chi connectivity index (χ1) is 17.5. The van der Waals surface area contributed by atoms with Gasteiger partial charge in [-0.25, -0.2) is 0 Å². The van der Waals surface area contributed by atoms with Crippen LogP contribution in [0.15, 0.2) is 77.8 Å². The molecule has 0 saturated heterocycles. The van der Waals surface area contributed by atoms with Crippen LogP contribution in [-0.2, 0) is 29.7 Å². The molecule has 1 atom stereocenters. The third-order valence-electron chi connectivity index (χ3n) is 6.52. The Morgan fingerprint density at radius 2 is 1.75 bits per heavy atom. The third kappa shape index (κ3) is 4.45. The molecule has 0 radical (unpaired) electrons. The van der Waals surface area contributed by atoms with Crippen molar-refractivity contribution in [2.75, 3.05) is 12.9 Å². The first-order valence-corrected chi connectivity index (χ1v) is 13.0. The van der Waals surface area contributed by atoms with Gasteiger partial charge in [0.25, 0.3) is 0 Å². The number of benzene rings is 3. The molecule has 0 spiro atoms. The Kier molecular flexibility index (Phi) is 6.94. The highest BCUT2D eigenvalue weighted by Crippen LogP contribution is 2.42. The molecule has 1 N–H and O–H groups in total. The Morgan fingerprint density at radius 1 is 1.06 bits per heavy atom. The summed E-state index contributed by atoms with van der Waals surface area (Å²) in [6.45, 7) is 0.509. The lowest BCUT2D eigenvalue weighted by molar-refractivity contribution is -0.139. The van der Waals surface area contributed by atoms with Gasteiger partial charge in [-0.1, -0.05) is 78.0 Å². The number of thioether (sulfide) groups is 1. The van der Waals surface area contributed by atoms with E-state index in [0.717, 1.165) is 32.6 Å². The summed E-state index contributed by atoms with van der Waals surface area (Å²) in [6, 6.07) is 22.2. The predicted molar refractivity (Wildman–Crippen MR) is 143 cm³/mol. The van der Waals surface area contributed by atoms with Crippen molar-refractivity contribution >= 4 is 46.1 Å². The van der Waals surface area contributed by atoms with Gasteiger partial charge < -0.3 is 19.5 Å². The van der Waals surface area contributed by atoms with Crippen LogP contribution in [0.4, 0.5) is 0 Å². The summed E-state index contributed by atoms with van der Waals surface area (Å²) < 4.78 is 7.53. The Morgan fingerprint density at radius 3 is 2.53 bits per heavy atom. The maximum atomic E-state index is 14.0. The number of halogens is 1. The van der Waals surface area contributed by atoms with Crippen molar-refractivity contribution < 1.29 is 14.3 Å². The molecule has 0 fully saturated rings. The van der Waals surface area contributed by atoms with E-state index in [1.807, 2.05) is 73.8 Å². The number of nitrogens with one attached hydrogen (secondary N) is 1.